The number of hydrogen-bond acceptors (Lipinski definition) is 1. The van der Waals surface area contributed by atoms with Gasteiger partial charge >= 0.3 is 12.4 Å². The van der Waals surface area contributed by atoms with Gasteiger partial charge < -0.3 is 5.32 Å². The van der Waals surface area contributed by atoms with Gasteiger partial charge in [0.15, 0.2) is 0 Å². The fraction of sp³-hybridized carbons (Fsp3) is 0.611. The molecule has 2 nitrogen and oxygen atoms in total. The Bertz CT molecular complexity index is 580. The Morgan fingerprint density at radius 3 is 2.00 bits per heavy atom. The largest absolute Gasteiger partial charge is 0.417 e. The van der Waals surface area contributed by atoms with E-state index < -0.39 is 35.0 Å². The van der Waals surface area contributed by atoms with Crippen molar-refractivity contribution in [2.24, 2.45) is 0 Å². The number of nitrogens with one attached hydrogen (secondary N) is 1. The molecule has 1 aromatic rings. The third-order valence-electron chi connectivity index (χ3n) is 3.96. The number of hydrogen-bond donors (Lipinski definition) is 1. The van der Waals surface area contributed by atoms with E-state index >= 15 is 0 Å². The molecule has 1 rings (SSSR count). The minimum Gasteiger partial charge on any atom is -0.352 e. The highest BCUT2D eigenvalue weighted by Gasteiger charge is 2.38. The van der Waals surface area contributed by atoms with Gasteiger partial charge in [-0.05, 0) is 24.6 Å². The number of alkyl halides is 6. The molecule has 26 heavy (non-hydrogen) atoms. The minimum absolute atomic E-state index is 0.125. The highest BCUT2D eigenvalue weighted by Crippen LogP contribution is 2.36. The smallest absolute Gasteiger partial charge is 0.352 e. The van der Waals surface area contributed by atoms with Crippen molar-refractivity contribution in [1.29, 1.82) is 0 Å². The zero-order chi connectivity index (χ0) is 19.8. The van der Waals surface area contributed by atoms with E-state index in [1.165, 1.54) is 0 Å². The summed E-state index contributed by atoms with van der Waals surface area (Å²) in [5, 5.41) is 2.29. The van der Waals surface area contributed by atoms with Crippen LogP contribution in [-0.4, -0.2) is 12.5 Å². The normalized spacial score (nSPS) is 12.3. The van der Waals surface area contributed by atoms with Crippen LogP contribution in [0.5, 0.6) is 0 Å². The van der Waals surface area contributed by atoms with Crippen LogP contribution in [0.1, 0.15) is 73.4 Å². The van der Waals surface area contributed by atoms with Crippen molar-refractivity contribution in [2.45, 2.75) is 64.2 Å². The van der Waals surface area contributed by atoms with E-state index in [0.29, 0.717) is 18.6 Å². The average Bonchev–Trinajstić information content (AvgIpc) is 2.55. The van der Waals surface area contributed by atoms with E-state index in [1.807, 2.05) is 0 Å². The molecule has 0 aromatic heterocycles. The molecular weight excluding hydrogens is 360 g/mol. The van der Waals surface area contributed by atoms with E-state index in [4.69, 9.17) is 0 Å². The van der Waals surface area contributed by atoms with Gasteiger partial charge in [-0.25, -0.2) is 0 Å². The number of halogens is 6. The fourth-order valence-electron chi connectivity index (χ4n) is 2.53. The van der Waals surface area contributed by atoms with Crippen LogP contribution in [0.2, 0.25) is 0 Å². The molecule has 0 aliphatic heterocycles. The molecule has 0 unspecified atom stereocenters. The summed E-state index contributed by atoms with van der Waals surface area (Å²) in [6.45, 7) is 2.22. The first-order valence-electron chi connectivity index (χ1n) is 8.64. The van der Waals surface area contributed by atoms with Gasteiger partial charge in [0, 0.05) is 6.54 Å². The van der Waals surface area contributed by atoms with Crippen LogP contribution < -0.4 is 5.32 Å². The lowest BCUT2D eigenvalue weighted by Gasteiger charge is -2.15. The number of carbonyl (C=O) groups excluding carboxylic acids is 1. The van der Waals surface area contributed by atoms with E-state index in [2.05, 4.69) is 12.2 Å². The molecule has 0 saturated carbocycles. The molecular formula is C18H23F6NO. The summed E-state index contributed by atoms with van der Waals surface area (Å²) < 4.78 is 77.1. The van der Waals surface area contributed by atoms with Crippen molar-refractivity contribution in [3.05, 3.63) is 34.9 Å². The number of amides is 1. The van der Waals surface area contributed by atoms with Gasteiger partial charge in [-0.2, -0.15) is 26.3 Å². The highest BCUT2D eigenvalue weighted by molar-refractivity contribution is 5.96. The number of carbonyl (C=O) groups is 1. The number of rotatable bonds is 9. The Labute approximate surface area is 149 Å². The molecule has 1 N–H and O–H groups in total. The summed E-state index contributed by atoms with van der Waals surface area (Å²) in [7, 11) is 0. The van der Waals surface area contributed by atoms with Crippen LogP contribution in [0.25, 0.3) is 0 Å². The summed E-state index contributed by atoms with van der Waals surface area (Å²) in [6.07, 6.45) is -2.98. The number of unbranched alkanes of at least 4 members (excludes halogenated alkanes) is 6. The van der Waals surface area contributed by atoms with Crippen LogP contribution in [-0.2, 0) is 12.4 Å². The maximum atomic E-state index is 13.0. The van der Waals surface area contributed by atoms with Crippen LogP contribution in [0.15, 0.2) is 18.2 Å². The van der Waals surface area contributed by atoms with Gasteiger partial charge in [0.25, 0.3) is 5.91 Å². The van der Waals surface area contributed by atoms with Crippen LogP contribution in [0.3, 0.4) is 0 Å². The quantitative estimate of drug-likeness (QED) is 0.399. The second-order valence-corrected chi connectivity index (χ2v) is 6.13. The van der Waals surface area contributed by atoms with Gasteiger partial charge in [-0.1, -0.05) is 45.4 Å². The third-order valence-corrected chi connectivity index (χ3v) is 3.96. The first-order chi connectivity index (χ1) is 12.1. The molecule has 0 saturated heterocycles. The zero-order valence-electron chi connectivity index (χ0n) is 14.6. The van der Waals surface area contributed by atoms with E-state index in [1.54, 1.807) is 0 Å². The Morgan fingerprint density at radius 1 is 0.885 bits per heavy atom. The monoisotopic (exact) mass is 383 g/mol. The Balaban J connectivity index is 2.68. The maximum absolute atomic E-state index is 13.0. The summed E-state index contributed by atoms with van der Waals surface area (Å²) in [4.78, 5) is 12.0. The van der Waals surface area contributed by atoms with Crippen molar-refractivity contribution < 1.29 is 31.1 Å². The van der Waals surface area contributed by atoms with Crippen LogP contribution in [0, 0.1) is 0 Å². The molecule has 0 aliphatic rings. The van der Waals surface area contributed by atoms with Crippen LogP contribution in [0.4, 0.5) is 26.3 Å². The topological polar surface area (TPSA) is 29.1 Å². The fourth-order valence-corrected chi connectivity index (χ4v) is 2.53. The number of benzene rings is 1. The van der Waals surface area contributed by atoms with Gasteiger partial charge in [0.2, 0.25) is 0 Å². The Morgan fingerprint density at radius 2 is 1.46 bits per heavy atom. The first-order valence-corrected chi connectivity index (χ1v) is 8.64. The Hall–Kier alpha value is -1.73. The second-order valence-electron chi connectivity index (χ2n) is 6.13. The predicted octanol–water partition coefficient (Wildman–Crippen LogP) is 6.20. The van der Waals surface area contributed by atoms with Gasteiger partial charge in [-0.3, -0.25) is 4.79 Å². The molecule has 0 spiro atoms. The van der Waals surface area contributed by atoms with E-state index in [9.17, 15) is 31.1 Å². The highest BCUT2D eigenvalue weighted by atomic mass is 19.4. The standard InChI is InChI=1S/C18H23F6NO/c1-2-3-4-5-6-7-8-11-25-16(26)14-12-13(17(19,20)21)9-10-15(14)18(22,23)24/h9-10,12H,2-8,11H2,1H3,(H,25,26). The molecule has 1 amide bonds. The van der Waals surface area contributed by atoms with Crippen molar-refractivity contribution >= 4 is 5.91 Å². The van der Waals surface area contributed by atoms with Crippen molar-refractivity contribution in [3.8, 4) is 0 Å². The molecule has 0 heterocycles. The maximum Gasteiger partial charge on any atom is 0.417 e. The molecule has 148 valence electrons. The van der Waals surface area contributed by atoms with Crippen molar-refractivity contribution in [3.63, 3.8) is 0 Å². The lowest BCUT2D eigenvalue weighted by atomic mass is 10.0. The molecule has 0 atom stereocenters. The average molecular weight is 383 g/mol. The molecule has 1 aromatic carbocycles. The van der Waals surface area contributed by atoms with Gasteiger partial charge in [0.1, 0.15) is 0 Å². The third kappa shape index (κ3) is 7.25. The predicted molar refractivity (Wildman–Crippen MR) is 86.8 cm³/mol. The summed E-state index contributed by atoms with van der Waals surface area (Å²) >= 11 is 0. The van der Waals surface area contributed by atoms with Gasteiger partial charge in [-0.15, -0.1) is 0 Å². The van der Waals surface area contributed by atoms with Crippen molar-refractivity contribution in [2.75, 3.05) is 6.54 Å². The van der Waals surface area contributed by atoms with E-state index in [-0.39, 0.29) is 12.6 Å². The molecule has 0 bridgehead atoms. The summed E-state index contributed by atoms with van der Waals surface area (Å²) in [5.74, 6) is -1.14. The molecule has 8 heteroatoms. The summed E-state index contributed by atoms with van der Waals surface area (Å²) in [5.41, 5.74) is -3.66. The lowest BCUT2D eigenvalue weighted by molar-refractivity contribution is -0.141. The SMILES string of the molecule is CCCCCCCCCNC(=O)c1cc(C(F)(F)F)ccc1C(F)(F)F. The minimum atomic E-state index is -4.91. The van der Waals surface area contributed by atoms with Crippen molar-refractivity contribution in [1.82, 2.24) is 5.32 Å². The van der Waals surface area contributed by atoms with E-state index in [0.717, 1.165) is 38.5 Å². The first kappa shape index (κ1) is 22.3. The van der Waals surface area contributed by atoms with Crippen LogP contribution >= 0.6 is 0 Å². The van der Waals surface area contributed by atoms with Gasteiger partial charge in [0.05, 0.1) is 16.7 Å². The second kappa shape index (κ2) is 9.83. The molecule has 0 fully saturated rings. The zero-order valence-corrected chi connectivity index (χ0v) is 14.6. The lowest BCUT2D eigenvalue weighted by Crippen LogP contribution is -2.27. The summed E-state index contributed by atoms with van der Waals surface area (Å²) in [6, 6.07) is 0.879. The molecule has 0 aliphatic carbocycles. The Kier molecular flexibility index (Phi) is 8.43. The molecule has 0 radical (unpaired) electrons.